The molecular weight excluding hydrogens is 224 g/mol. The molecule has 18 heavy (non-hydrogen) atoms. The third-order valence-corrected chi connectivity index (χ3v) is 3.83. The fourth-order valence-corrected chi connectivity index (χ4v) is 2.62. The summed E-state index contributed by atoms with van der Waals surface area (Å²) in [6, 6.07) is 0. The summed E-state index contributed by atoms with van der Waals surface area (Å²) in [7, 11) is 0. The smallest absolute Gasteiger partial charge is 0.197 e. The van der Waals surface area contributed by atoms with Gasteiger partial charge in [0.1, 0.15) is 0 Å². The summed E-state index contributed by atoms with van der Waals surface area (Å²) in [6.45, 7) is 11.9. The van der Waals surface area contributed by atoms with Crippen molar-refractivity contribution in [2.24, 2.45) is 0 Å². The SMILES string of the molecule is Cc1[nH]c(C)c(C(=O)c2c(C)[nH]c(C)c2C)c1C. The molecule has 0 spiro atoms. The maximum atomic E-state index is 12.7. The Morgan fingerprint density at radius 3 is 1.22 bits per heavy atom. The number of hydrogen-bond donors (Lipinski definition) is 2. The highest BCUT2D eigenvalue weighted by Gasteiger charge is 2.22. The van der Waals surface area contributed by atoms with Crippen LogP contribution in [0, 0.1) is 41.5 Å². The summed E-state index contributed by atoms with van der Waals surface area (Å²) >= 11 is 0. The number of carbonyl (C=O) groups excluding carboxylic acids is 1. The minimum absolute atomic E-state index is 0.119. The predicted molar refractivity (Wildman–Crippen MR) is 73.4 cm³/mol. The summed E-state index contributed by atoms with van der Waals surface area (Å²) in [5.74, 6) is 0.119. The van der Waals surface area contributed by atoms with Crippen LogP contribution in [0.5, 0.6) is 0 Å². The molecule has 0 radical (unpaired) electrons. The van der Waals surface area contributed by atoms with Crippen LogP contribution in [0.15, 0.2) is 0 Å². The number of hydrogen-bond acceptors (Lipinski definition) is 1. The van der Waals surface area contributed by atoms with Gasteiger partial charge in [0.05, 0.1) is 0 Å². The van der Waals surface area contributed by atoms with Gasteiger partial charge < -0.3 is 9.97 Å². The zero-order chi connectivity index (χ0) is 13.6. The van der Waals surface area contributed by atoms with Crippen molar-refractivity contribution in [1.29, 1.82) is 0 Å². The van der Waals surface area contributed by atoms with E-state index in [9.17, 15) is 4.79 Å². The molecule has 0 aliphatic carbocycles. The van der Waals surface area contributed by atoms with Crippen molar-refractivity contribution in [3.05, 3.63) is 45.0 Å². The Hall–Kier alpha value is -1.77. The molecule has 96 valence electrons. The van der Waals surface area contributed by atoms with Crippen LogP contribution in [-0.2, 0) is 0 Å². The first kappa shape index (κ1) is 12.7. The fraction of sp³-hybridized carbons (Fsp3) is 0.400. The van der Waals surface area contributed by atoms with Gasteiger partial charge >= 0.3 is 0 Å². The van der Waals surface area contributed by atoms with E-state index in [1.165, 1.54) is 0 Å². The second kappa shape index (κ2) is 4.16. The third-order valence-electron chi connectivity index (χ3n) is 3.83. The number of H-pyrrole nitrogens is 2. The van der Waals surface area contributed by atoms with Crippen LogP contribution in [0.3, 0.4) is 0 Å². The maximum Gasteiger partial charge on any atom is 0.197 e. The first-order valence-electron chi connectivity index (χ1n) is 6.20. The molecule has 0 aliphatic rings. The van der Waals surface area contributed by atoms with Gasteiger partial charge in [-0.25, -0.2) is 0 Å². The summed E-state index contributed by atoms with van der Waals surface area (Å²) in [4.78, 5) is 19.2. The van der Waals surface area contributed by atoms with E-state index in [0.717, 1.165) is 45.0 Å². The molecule has 0 atom stereocenters. The van der Waals surface area contributed by atoms with E-state index in [2.05, 4.69) is 9.97 Å². The number of aromatic amines is 2. The number of aryl methyl sites for hydroxylation is 4. The van der Waals surface area contributed by atoms with Gasteiger partial charge in [-0.2, -0.15) is 0 Å². The highest BCUT2D eigenvalue weighted by atomic mass is 16.1. The second-order valence-corrected chi connectivity index (χ2v) is 5.08. The molecular formula is C15H20N2O. The number of aromatic nitrogens is 2. The molecule has 3 heteroatoms. The molecule has 2 rings (SSSR count). The Balaban J connectivity index is 2.62. The van der Waals surface area contributed by atoms with E-state index in [4.69, 9.17) is 0 Å². The van der Waals surface area contributed by atoms with Gasteiger partial charge in [0.15, 0.2) is 5.78 Å². The van der Waals surface area contributed by atoms with Gasteiger partial charge in [-0.05, 0) is 52.7 Å². The van der Waals surface area contributed by atoms with Crippen molar-refractivity contribution in [2.75, 3.05) is 0 Å². The third kappa shape index (κ3) is 1.70. The number of rotatable bonds is 2. The number of ketones is 1. The zero-order valence-corrected chi connectivity index (χ0v) is 11.9. The normalized spacial score (nSPS) is 11.0. The Morgan fingerprint density at radius 2 is 1.00 bits per heavy atom. The van der Waals surface area contributed by atoms with Crippen LogP contribution in [0.4, 0.5) is 0 Å². The van der Waals surface area contributed by atoms with Crippen LogP contribution in [0.1, 0.15) is 49.8 Å². The van der Waals surface area contributed by atoms with Gasteiger partial charge in [0.25, 0.3) is 0 Å². The van der Waals surface area contributed by atoms with E-state index in [-0.39, 0.29) is 5.78 Å². The van der Waals surface area contributed by atoms with Crippen molar-refractivity contribution < 1.29 is 4.79 Å². The van der Waals surface area contributed by atoms with Crippen LogP contribution in [-0.4, -0.2) is 15.8 Å². The predicted octanol–water partition coefficient (Wildman–Crippen LogP) is 3.42. The van der Waals surface area contributed by atoms with Crippen LogP contribution in [0.2, 0.25) is 0 Å². The summed E-state index contributed by atoms with van der Waals surface area (Å²) < 4.78 is 0. The van der Waals surface area contributed by atoms with Crippen molar-refractivity contribution >= 4 is 5.78 Å². The van der Waals surface area contributed by atoms with Crippen molar-refractivity contribution in [1.82, 2.24) is 9.97 Å². The zero-order valence-electron chi connectivity index (χ0n) is 11.9. The minimum atomic E-state index is 0.119. The lowest BCUT2D eigenvalue weighted by Crippen LogP contribution is -2.06. The lowest BCUT2D eigenvalue weighted by molar-refractivity contribution is 0.103. The molecule has 0 bridgehead atoms. The van der Waals surface area contributed by atoms with Crippen LogP contribution in [0.25, 0.3) is 0 Å². The minimum Gasteiger partial charge on any atom is -0.362 e. The van der Waals surface area contributed by atoms with E-state index in [0.29, 0.717) is 0 Å². The average molecular weight is 244 g/mol. The molecule has 2 aromatic heterocycles. The fourth-order valence-electron chi connectivity index (χ4n) is 2.62. The second-order valence-electron chi connectivity index (χ2n) is 5.08. The molecule has 2 heterocycles. The molecule has 0 saturated heterocycles. The van der Waals surface area contributed by atoms with Gasteiger partial charge in [0.2, 0.25) is 0 Å². The first-order valence-corrected chi connectivity index (χ1v) is 6.20. The van der Waals surface area contributed by atoms with Gasteiger partial charge in [-0.1, -0.05) is 0 Å². The molecule has 0 saturated carbocycles. The molecule has 2 aromatic rings. The van der Waals surface area contributed by atoms with Crippen molar-refractivity contribution in [3.63, 3.8) is 0 Å². The highest BCUT2D eigenvalue weighted by Crippen LogP contribution is 2.25. The molecule has 0 aliphatic heterocycles. The average Bonchev–Trinajstić information content (AvgIpc) is 2.66. The monoisotopic (exact) mass is 244 g/mol. The molecule has 2 N–H and O–H groups in total. The van der Waals surface area contributed by atoms with E-state index in [1.54, 1.807) is 0 Å². The van der Waals surface area contributed by atoms with Crippen LogP contribution < -0.4 is 0 Å². The quantitative estimate of drug-likeness (QED) is 0.781. The molecule has 0 fully saturated rings. The Morgan fingerprint density at radius 1 is 0.667 bits per heavy atom. The molecule has 3 nitrogen and oxygen atoms in total. The van der Waals surface area contributed by atoms with Crippen LogP contribution >= 0.6 is 0 Å². The van der Waals surface area contributed by atoms with Gasteiger partial charge in [-0.15, -0.1) is 0 Å². The lowest BCUT2D eigenvalue weighted by Gasteiger charge is -2.04. The maximum absolute atomic E-state index is 12.7. The summed E-state index contributed by atoms with van der Waals surface area (Å²) in [5, 5.41) is 0. The Labute approximate surface area is 108 Å². The van der Waals surface area contributed by atoms with E-state index in [1.807, 2.05) is 41.5 Å². The molecule has 0 unspecified atom stereocenters. The standard InChI is InChI=1S/C15H20N2O/c1-7-9(3)16-11(5)13(7)15(18)14-8(2)10(4)17-12(14)6/h16-17H,1-6H3. The Bertz CT molecular complexity index is 575. The van der Waals surface area contributed by atoms with Crippen molar-refractivity contribution in [2.45, 2.75) is 41.5 Å². The van der Waals surface area contributed by atoms with Gasteiger partial charge in [-0.3, -0.25) is 4.79 Å². The summed E-state index contributed by atoms with van der Waals surface area (Å²) in [5.41, 5.74) is 7.78. The van der Waals surface area contributed by atoms with E-state index < -0.39 is 0 Å². The molecule has 0 amide bonds. The van der Waals surface area contributed by atoms with Gasteiger partial charge in [0, 0.05) is 33.9 Å². The lowest BCUT2D eigenvalue weighted by atomic mass is 9.97. The largest absolute Gasteiger partial charge is 0.362 e. The topological polar surface area (TPSA) is 48.6 Å². The number of nitrogens with one attached hydrogen (secondary N) is 2. The number of carbonyl (C=O) groups is 1. The van der Waals surface area contributed by atoms with Crippen molar-refractivity contribution in [3.8, 4) is 0 Å². The highest BCUT2D eigenvalue weighted by molar-refractivity contribution is 6.12. The first-order chi connectivity index (χ1) is 8.34. The molecule has 0 aromatic carbocycles. The Kier molecular flexibility index (Phi) is 2.93. The van der Waals surface area contributed by atoms with E-state index >= 15 is 0 Å². The summed E-state index contributed by atoms with van der Waals surface area (Å²) in [6.07, 6.45) is 0.